The summed E-state index contributed by atoms with van der Waals surface area (Å²) in [5.41, 5.74) is 4.78. The number of halogens is 1. The van der Waals surface area contributed by atoms with Crippen molar-refractivity contribution in [1.29, 1.82) is 0 Å². The van der Waals surface area contributed by atoms with Gasteiger partial charge in [-0.1, -0.05) is 30.3 Å². The molecule has 0 radical (unpaired) electrons. The molecule has 0 saturated carbocycles. The molecule has 0 unspecified atom stereocenters. The summed E-state index contributed by atoms with van der Waals surface area (Å²) in [5, 5.41) is 3.17. The van der Waals surface area contributed by atoms with Crippen molar-refractivity contribution in [3.05, 3.63) is 78.6 Å². The lowest BCUT2D eigenvalue weighted by Gasteiger charge is -2.27. The fraction of sp³-hybridized carbons (Fsp3) is 0.217. The maximum Gasteiger partial charge on any atom is 0.158 e. The summed E-state index contributed by atoms with van der Waals surface area (Å²) in [4.78, 5) is 13.2. The standard InChI is InChI=1S/C23H24FN5/c1-16-6-4-7-18(12-16)21-8-9-22-23(27-21)29(11-5-10-28(22)3)17(2)26-20-13-19(24)14-25-15-20/h4,6-9,12-15,26H,2,5,10-11H2,1,3H3. The molecule has 1 aliphatic rings. The Hall–Kier alpha value is -3.41. The molecule has 3 heterocycles. The first-order chi connectivity index (χ1) is 14.0. The van der Waals surface area contributed by atoms with E-state index in [0.29, 0.717) is 11.5 Å². The van der Waals surface area contributed by atoms with Crippen molar-refractivity contribution < 1.29 is 4.39 Å². The number of aryl methyl sites for hydroxylation is 1. The number of hydrogen-bond acceptors (Lipinski definition) is 5. The van der Waals surface area contributed by atoms with Crippen molar-refractivity contribution in [3.63, 3.8) is 0 Å². The van der Waals surface area contributed by atoms with Gasteiger partial charge in [-0.2, -0.15) is 0 Å². The van der Waals surface area contributed by atoms with Gasteiger partial charge in [0.2, 0.25) is 0 Å². The minimum Gasteiger partial charge on any atom is -0.372 e. The molecule has 0 atom stereocenters. The highest BCUT2D eigenvalue weighted by Gasteiger charge is 2.23. The van der Waals surface area contributed by atoms with E-state index in [9.17, 15) is 4.39 Å². The molecule has 0 bridgehead atoms. The van der Waals surface area contributed by atoms with Gasteiger partial charge in [-0.25, -0.2) is 9.37 Å². The largest absolute Gasteiger partial charge is 0.372 e. The first-order valence-corrected chi connectivity index (χ1v) is 9.64. The summed E-state index contributed by atoms with van der Waals surface area (Å²) in [6.07, 6.45) is 3.71. The second kappa shape index (κ2) is 7.91. The van der Waals surface area contributed by atoms with E-state index in [0.717, 1.165) is 42.3 Å². The third-order valence-corrected chi connectivity index (χ3v) is 5.03. The van der Waals surface area contributed by atoms with Gasteiger partial charge >= 0.3 is 0 Å². The molecule has 4 rings (SSSR count). The predicted molar refractivity (Wildman–Crippen MR) is 117 cm³/mol. The fourth-order valence-corrected chi connectivity index (χ4v) is 3.57. The number of nitrogens with zero attached hydrogens (tertiary/aromatic N) is 4. The molecule has 148 valence electrons. The highest BCUT2D eigenvalue weighted by molar-refractivity contribution is 5.75. The van der Waals surface area contributed by atoms with Gasteiger partial charge in [0.15, 0.2) is 5.82 Å². The van der Waals surface area contributed by atoms with Crippen LogP contribution in [0.3, 0.4) is 0 Å². The number of pyridine rings is 2. The molecule has 2 aromatic heterocycles. The third kappa shape index (κ3) is 4.06. The average Bonchev–Trinajstić information content (AvgIpc) is 2.86. The van der Waals surface area contributed by atoms with E-state index in [-0.39, 0.29) is 0 Å². The molecule has 0 aliphatic carbocycles. The van der Waals surface area contributed by atoms with Crippen LogP contribution in [-0.4, -0.2) is 30.1 Å². The van der Waals surface area contributed by atoms with Crippen LogP contribution in [-0.2, 0) is 0 Å². The highest BCUT2D eigenvalue weighted by atomic mass is 19.1. The number of fused-ring (bicyclic) bond motifs is 1. The van der Waals surface area contributed by atoms with Gasteiger partial charge < -0.3 is 15.1 Å². The molecule has 0 spiro atoms. The Morgan fingerprint density at radius 1 is 1.14 bits per heavy atom. The Kier molecular flexibility index (Phi) is 5.16. The lowest BCUT2D eigenvalue weighted by molar-refractivity contribution is 0.622. The van der Waals surface area contributed by atoms with Gasteiger partial charge in [-0.3, -0.25) is 4.98 Å². The molecular formula is C23H24FN5. The lowest BCUT2D eigenvalue weighted by Crippen LogP contribution is -2.28. The smallest absolute Gasteiger partial charge is 0.158 e. The predicted octanol–water partition coefficient (Wildman–Crippen LogP) is 4.82. The van der Waals surface area contributed by atoms with E-state index in [1.165, 1.54) is 17.8 Å². The topological polar surface area (TPSA) is 44.3 Å². The maximum absolute atomic E-state index is 13.5. The number of nitrogens with one attached hydrogen (secondary N) is 1. The van der Waals surface area contributed by atoms with Crippen molar-refractivity contribution in [2.75, 3.05) is 35.3 Å². The van der Waals surface area contributed by atoms with Crippen molar-refractivity contribution in [1.82, 2.24) is 9.97 Å². The minimum absolute atomic E-state index is 0.390. The summed E-state index contributed by atoms with van der Waals surface area (Å²) in [5.74, 6) is 1.09. The quantitative estimate of drug-likeness (QED) is 0.693. The zero-order valence-corrected chi connectivity index (χ0v) is 16.7. The molecule has 6 heteroatoms. The number of anilines is 3. The fourth-order valence-electron chi connectivity index (χ4n) is 3.57. The first kappa shape index (κ1) is 18.9. The lowest BCUT2D eigenvalue weighted by atomic mass is 10.1. The third-order valence-electron chi connectivity index (χ3n) is 5.03. The first-order valence-electron chi connectivity index (χ1n) is 9.64. The monoisotopic (exact) mass is 389 g/mol. The normalized spacial score (nSPS) is 13.6. The second-order valence-corrected chi connectivity index (χ2v) is 7.30. The molecule has 3 aromatic rings. The zero-order valence-electron chi connectivity index (χ0n) is 16.7. The van der Waals surface area contributed by atoms with Gasteiger partial charge in [0, 0.05) is 31.8 Å². The van der Waals surface area contributed by atoms with Crippen molar-refractivity contribution in [2.45, 2.75) is 13.3 Å². The summed E-state index contributed by atoms with van der Waals surface area (Å²) in [6.45, 7) is 7.95. The van der Waals surface area contributed by atoms with Crippen LogP contribution in [0.15, 0.2) is 67.3 Å². The van der Waals surface area contributed by atoms with Gasteiger partial charge in [0.1, 0.15) is 11.6 Å². The maximum atomic E-state index is 13.5. The van der Waals surface area contributed by atoms with Crippen LogP contribution in [0.25, 0.3) is 11.3 Å². The van der Waals surface area contributed by atoms with E-state index in [4.69, 9.17) is 4.98 Å². The molecule has 1 N–H and O–H groups in total. The summed E-state index contributed by atoms with van der Waals surface area (Å²) in [7, 11) is 2.07. The summed E-state index contributed by atoms with van der Waals surface area (Å²) in [6, 6.07) is 13.9. The van der Waals surface area contributed by atoms with Gasteiger partial charge in [0.05, 0.1) is 29.5 Å². The van der Waals surface area contributed by atoms with Crippen LogP contribution in [0.5, 0.6) is 0 Å². The Labute approximate surface area is 170 Å². The van der Waals surface area contributed by atoms with Gasteiger partial charge in [-0.15, -0.1) is 0 Å². The van der Waals surface area contributed by atoms with Gasteiger partial charge in [-0.05, 0) is 31.5 Å². The Bertz CT molecular complexity index is 1050. The number of hydrogen-bond donors (Lipinski definition) is 1. The molecule has 29 heavy (non-hydrogen) atoms. The zero-order chi connectivity index (χ0) is 20.4. The van der Waals surface area contributed by atoms with Crippen LogP contribution < -0.4 is 15.1 Å². The second-order valence-electron chi connectivity index (χ2n) is 7.30. The van der Waals surface area contributed by atoms with E-state index in [2.05, 4.69) is 71.0 Å². The molecule has 0 saturated heterocycles. The Balaban J connectivity index is 1.71. The molecule has 0 fully saturated rings. The molecule has 1 aromatic carbocycles. The number of aromatic nitrogens is 2. The Morgan fingerprint density at radius 3 is 2.79 bits per heavy atom. The summed E-state index contributed by atoms with van der Waals surface area (Å²) >= 11 is 0. The van der Waals surface area contributed by atoms with E-state index >= 15 is 0 Å². The van der Waals surface area contributed by atoms with Crippen LogP contribution in [0.2, 0.25) is 0 Å². The van der Waals surface area contributed by atoms with Crippen molar-refractivity contribution in [2.24, 2.45) is 0 Å². The Morgan fingerprint density at radius 2 is 2.00 bits per heavy atom. The van der Waals surface area contributed by atoms with Crippen molar-refractivity contribution >= 4 is 17.2 Å². The average molecular weight is 389 g/mol. The van der Waals surface area contributed by atoms with E-state index < -0.39 is 5.82 Å². The van der Waals surface area contributed by atoms with Crippen LogP contribution in [0.1, 0.15) is 12.0 Å². The van der Waals surface area contributed by atoms with Gasteiger partial charge in [0.25, 0.3) is 0 Å². The summed E-state index contributed by atoms with van der Waals surface area (Å²) < 4.78 is 13.5. The number of benzene rings is 1. The highest BCUT2D eigenvalue weighted by Crippen LogP contribution is 2.34. The molecule has 1 aliphatic heterocycles. The van der Waals surface area contributed by atoms with Crippen LogP contribution in [0.4, 0.5) is 21.6 Å². The van der Waals surface area contributed by atoms with Crippen LogP contribution >= 0.6 is 0 Å². The van der Waals surface area contributed by atoms with E-state index in [1.807, 2.05) is 6.07 Å². The molecular weight excluding hydrogens is 365 g/mol. The SMILES string of the molecule is C=C(Nc1cncc(F)c1)N1CCCN(C)c2ccc(-c3cccc(C)c3)nc21. The number of rotatable bonds is 4. The van der Waals surface area contributed by atoms with E-state index in [1.54, 1.807) is 6.20 Å². The van der Waals surface area contributed by atoms with Crippen molar-refractivity contribution in [3.8, 4) is 11.3 Å². The van der Waals surface area contributed by atoms with Crippen LogP contribution in [0, 0.1) is 12.7 Å². The minimum atomic E-state index is -0.390. The molecule has 5 nitrogen and oxygen atoms in total. The molecule has 0 amide bonds.